The second kappa shape index (κ2) is 7.89. The van der Waals surface area contributed by atoms with E-state index < -0.39 is 0 Å². The number of benzene rings is 1. The molecule has 0 unspecified atom stereocenters. The number of carbonyl (C=O) groups is 1. The normalized spacial score (nSPS) is 23.3. The van der Waals surface area contributed by atoms with E-state index in [2.05, 4.69) is 26.6 Å². The molecule has 132 valence electrons. The molecular formula is C19H23N3OS2. The largest absolute Gasteiger partial charge is 0.339 e. The lowest BCUT2D eigenvalue weighted by atomic mass is 9.92. The van der Waals surface area contributed by atoms with Crippen LogP contribution in [-0.4, -0.2) is 42.0 Å². The number of fused-ring (bicyclic) bond motifs is 1. The fourth-order valence-corrected chi connectivity index (χ4v) is 5.43. The monoisotopic (exact) mass is 373 g/mol. The Bertz CT molecular complexity index is 705. The summed E-state index contributed by atoms with van der Waals surface area (Å²) >= 11 is 3.32. The smallest absolute Gasteiger partial charge is 0.254 e. The molecule has 2 aromatic rings. The van der Waals surface area contributed by atoms with Gasteiger partial charge in [-0.1, -0.05) is 12.1 Å². The topological polar surface area (TPSA) is 45.2 Å². The van der Waals surface area contributed by atoms with E-state index in [-0.39, 0.29) is 5.91 Å². The number of thioether (sulfide) groups is 1. The molecule has 1 aromatic carbocycles. The Morgan fingerprint density at radius 1 is 1.24 bits per heavy atom. The first-order valence-electron chi connectivity index (χ1n) is 8.90. The summed E-state index contributed by atoms with van der Waals surface area (Å²) in [7, 11) is 0. The fraction of sp³-hybridized carbons (Fsp3) is 0.474. The van der Waals surface area contributed by atoms with E-state index in [0.29, 0.717) is 0 Å². The molecule has 1 amide bonds. The molecule has 1 aromatic heterocycles. The van der Waals surface area contributed by atoms with Crippen LogP contribution in [0.25, 0.3) is 0 Å². The molecule has 2 fully saturated rings. The lowest BCUT2D eigenvalue weighted by Crippen LogP contribution is -2.33. The molecule has 0 saturated carbocycles. The molecule has 1 N–H and O–H groups in total. The van der Waals surface area contributed by atoms with E-state index in [4.69, 9.17) is 0 Å². The number of nitrogens with zero attached hydrogens (tertiary/aromatic N) is 2. The zero-order valence-corrected chi connectivity index (χ0v) is 15.8. The molecule has 0 bridgehead atoms. The van der Waals surface area contributed by atoms with Gasteiger partial charge < -0.3 is 10.2 Å². The van der Waals surface area contributed by atoms with Gasteiger partial charge in [0, 0.05) is 29.1 Å². The van der Waals surface area contributed by atoms with Crippen LogP contribution in [0.5, 0.6) is 0 Å². The van der Waals surface area contributed by atoms with Crippen molar-refractivity contribution in [1.29, 1.82) is 0 Å². The van der Waals surface area contributed by atoms with Crippen molar-refractivity contribution < 1.29 is 4.79 Å². The van der Waals surface area contributed by atoms with Crippen LogP contribution < -0.4 is 5.32 Å². The van der Waals surface area contributed by atoms with Crippen LogP contribution in [0.3, 0.4) is 0 Å². The van der Waals surface area contributed by atoms with E-state index in [1.807, 2.05) is 23.7 Å². The second-order valence-corrected chi connectivity index (χ2v) is 8.55. The summed E-state index contributed by atoms with van der Waals surface area (Å²) in [6.07, 6.45) is 2.25. The summed E-state index contributed by atoms with van der Waals surface area (Å²) in [4.78, 5) is 20.6. The van der Waals surface area contributed by atoms with Crippen molar-refractivity contribution in [2.75, 3.05) is 26.2 Å². The number of carbonyl (C=O) groups excluding carboxylic acids is 1. The van der Waals surface area contributed by atoms with Crippen molar-refractivity contribution in [3.05, 3.63) is 46.4 Å². The van der Waals surface area contributed by atoms with Crippen LogP contribution in [0.15, 0.2) is 40.1 Å². The number of aromatic nitrogens is 1. The fourth-order valence-electron chi connectivity index (χ4n) is 3.82. The Balaban J connectivity index is 1.46. The summed E-state index contributed by atoms with van der Waals surface area (Å²) in [6, 6.07) is 8.01. The first kappa shape index (κ1) is 17.1. The van der Waals surface area contributed by atoms with E-state index in [9.17, 15) is 4.79 Å². The number of thiazole rings is 1. The average molecular weight is 374 g/mol. The quantitative estimate of drug-likeness (QED) is 0.833. The molecule has 0 spiro atoms. The third-order valence-electron chi connectivity index (χ3n) is 5.28. The van der Waals surface area contributed by atoms with E-state index in [1.165, 1.54) is 0 Å². The standard InChI is InChI=1S/C19H23N3OS2/c23-19(22-7-5-14-9-20-10-15(14)6-8-22)17-3-1-2-4-18(17)25-12-16-11-24-13-21-16/h1-4,11,13-15,20H,5-10,12H2/t14-,15+. The third-order valence-corrected chi connectivity index (χ3v) is 7.03. The van der Waals surface area contributed by atoms with Crippen LogP contribution >= 0.6 is 23.1 Å². The summed E-state index contributed by atoms with van der Waals surface area (Å²) in [5, 5.41) is 5.56. The molecular weight excluding hydrogens is 350 g/mol. The molecule has 0 radical (unpaired) electrons. The van der Waals surface area contributed by atoms with E-state index in [1.54, 1.807) is 23.1 Å². The van der Waals surface area contributed by atoms with Gasteiger partial charge in [0.05, 0.1) is 16.8 Å². The van der Waals surface area contributed by atoms with E-state index >= 15 is 0 Å². The first-order chi connectivity index (χ1) is 12.3. The van der Waals surface area contributed by atoms with Crippen molar-refractivity contribution in [3.63, 3.8) is 0 Å². The molecule has 2 aliphatic heterocycles. The highest BCUT2D eigenvalue weighted by molar-refractivity contribution is 7.98. The molecule has 25 heavy (non-hydrogen) atoms. The Kier molecular flexibility index (Phi) is 5.39. The van der Waals surface area contributed by atoms with Gasteiger partial charge in [-0.25, -0.2) is 4.98 Å². The molecule has 3 heterocycles. The minimum absolute atomic E-state index is 0.189. The Morgan fingerprint density at radius 2 is 2.00 bits per heavy atom. The van der Waals surface area contributed by atoms with Crippen LogP contribution in [0, 0.1) is 11.8 Å². The molecule has 4 nitrogen and oxygen atoms in total. The molecule has 2 saturated heterocycles. The zero-order chi connectivity index (χ0) is 17.1. The van der Waals surface area contributed by atoms with E-state index in [0.717, 1.165) is 72.8 Å². The van der Waals surface area contributed by atoms with Crippen LogP contribution in [-0.2, 0) is 5.75 Å². The number of hydrogen-bond donors (Lipinski definition) is 1. The predicted molar refractivity (Wildman–Crippen MR) is 103 cm³/mol. The maximum absolute atomic E-state index is 13.1. The highest BCUT2D eigenvalue weighted by atomic mass is 32.2. The van der Waals surface area contributed by atoms with Gasteiger partial charge in [-0.05, 0) is 49.9 Å². The molecule has 6 heteroatoms. The molecule has 4 rings (SSSR count). The van der Waals surface area contributed by atoms with Gasteiger partial charge in [-0.15, -0.1) is 23.1 Å². The van der Waals surface area contributed by atoms with Crippen molar-refractivity contribution in [1.82, 2.24) is 15.2 Å². The van der Waals surface area contributed by atoms with Gasteiger partial charge in [-0.2, -0.15) is 0 Å². The van der Waals surface area contributed by atoms with Crippen molar-refractivity contribution in [3.8, 4) is 0 Å². The van der Waals surface area contributed by atoms with Crippen LogP contribution in [0.4, 0.5) is 0 Å². The molecule has 2 aliphatic rings. The number of hydrogen-bond acceptors (Lipinski definition) is 5. The van der Waals surface area contributed by atoms with Gasteiger partial charge in [0.15, 0.2) is 0 Å². The van der Waals surface area contributed by atoms with Crippen LogP contribution in [0.1, 0.15) is 28.9 Å². The maximum Gasteiger partial charge on any atom is 0.254 e. The Hall–Kier alpha value is -1.37. The van der Waals surface area contributed by atoms with Gasteiger partial charge in [0.1, 0.15) is 0 Å². The minimum Gasteiger partial charge on any atom is -0.339 e. The van der Waals surface area contributed by atoms with Gasteiger partial charge >= 0.3 is 0 Å². The summed E-state index contributed by atoms with van der Waals surface area (Å²) in [6.45, 7) is 4.00. The highest BCUT2D eigenvalue weighted by Gasteiger charge is 2.32. The lowest BCUT2D eigenvalue weighted by molar-refractivity contribution is 0.0755. The Morgan fingerprint density at radius 3 is 2.72 bits per heavy atom. The Labute approximate surface area is 157 Å². The number of rotatable bonds is 4. The lowest BCUT2D eigenvalue weighted by Gasteiger charge is -2.22. The zero-order valence-electron chi connectivity index (χ0n) is 14.2. The molecule has 2 atom stereocenters. The van der Waals surface area contributed by atoms with Gasteiger partial charge in [-0.3, -0.25) is 4.79 Å². The minimum atomic E-state index is 0.189. The van der Waals surface area contributed by atoms with Crippen molar-refractivity contribution in [2.24, 2.45) is 11.8 Å². The summed E-state index contributed by atoms with van der Waals surface area (Å²) < 4.78 is 0. The van der Waals surface area contributed by atoms with Crippen molar-refractivity contribution in [2.45, 2.75) is 23.5 Å². The van der Waals surface area contributed by atoms with Crippen molar-refractivity contribution >= 4 is 29.0 Å². The third kappa shape index (κ3) is 3.91. The summed E-state index contributed by atoms with van der Waals surface area (Å²) in [5.41, 5.74) is 3.77. The average Bonchev–Trinajstić information content (AvgIpc) is 3.28. The SMILES string of the molecule is O=C(c1ccccc1SCc1cscn1)N1CC[C@@H]2CNC[C@@H]2CC1. The van der Waals surface area contributed by atoms with Crippen LogP contribution in [0.2, 0.25) is 0 Å². The first-order valence-corrected chi connectivity index (χ1v) is 10.8. The second-order valence-electron chi connectivity index (χ2n) is 6.81. The highest BCUT2D eigenvalue weighted by Crippen LogP contribution is 2.30. The van der Waals surface area contributed by atoms with Gasteiger partial charge in [0.2, 0.25) is 0 Å². The summed E-state index contributed by atoms with van der Waals surface area (Å²) in [5.74, 6) is 2.48. The number of nitrogens with one attached hydrogen (secondary N) is 1. The molecule has 0 aliphatic carbocycles. The maximum atomic E-state index is 13.1. The van der Waals surface area contributed by atoms with Gasteiger partial charge in [0.25, 0.3) is 5.91 Å². The number of amides is 1. The number of likely N-dealkylation sites (tertiary alicyclic amines) is 1. The predicted octanol–water partition coefficient (Wildman–Crippen LogP) is 3.51.